The lowest BCUT2D eigenvalue weighted by Crippen LogP contribution is -2.22. The number of benzene rings is 1. The molecule has 0 amide bonds. The fourth-order valence-electron chi connectivity index (χ4n) is 1.79. The van der Waals surface area contributed by atoms with Gasteiger partial charge in [-0.1, -0.05) is 50.0 Å². The molecule has 0 aromatic heterocycles. The Labute approximate surface area is 126 Å². The topological polar surface area (TPSA) is 21.3 Å². The van der Waals surface area contributed by atoms with E-state index < -0.39 is 0 Å². The molecule has 0 aliphatic rings. The van der Waals surface area contributed by atoms with E-state index in [0.29, 0.717) is 12.0 Å². The molecule has 1 rings (SSSR count). The molecule has 0 bridgehead atoms. The van der Waals surface area contributed by atoms with Crippen molar-refractivity contribution in [3.05, 3.63) is 27.7 Å². The van der Waals surface area contributed by atoms with Crippen LogP contribution < -0.4 is 10.1 Å². The van der Waals surface area contributed by atoms with E-state index in [9.17, 15) is 0 Å². The summed E-state index contributed by atoms with van der Waals surface area (Å²) in [7, 11) is 0. The summed E-state index contributed by atoms with van der Waals surface area (Å²) in [5.74, 6) is 1.63. The Balaban J connectivity index is 2.86. The van der Waals surface area contributed by atoms with E-state index in [2.05, 4.69) is 68.0 Å². The molecule has 108 valence electrons. The van der Waals surface area contributed by atoms with Gasteiger partial charge in [0.15, 0.2) is 0 Å². The van der Waals surface area contributed by atoms with Crippen LogP contribution in [0, 0.1) is 12.8 Å². The summed E-state index contributed by atoms with van der Waals surface area (Å²) in [6.07, 6.45) is 1.15. The molecule has 19 heavy (non-hydrogen) atoms. The number of ether oxygens (including phenoxy) is 1. The van der Waals surface area contributed by atoms with Crippen molar-refractivity contribution < 1.29 is 4.74 Å². The summed E-state index contributed by atoms with van der Waals surface area (Å²) in [6.45, 7) is 12.5. The molecule has 0 radical (unpaired) electrons. The Morgan fingerprint density at radius 1 is 1.26 bits per heavy atom. The normalized spacial score (nSPS) is 12.8. The molecule has 1 aromatic carbocycles. The Bertz CT molecular complexity index is 404. The van der Waals surface area contributed by atoms with Crippen LogP contribution in [0.3, 0.4) is 0 Å². The fraction of sp³-hybridized carbons (Fsp3) is 0.625. The third kappa shape index (κ3) is 5.53. The first-order valence-electron chi connectivity index (χ1n) is 7.09. The minimum Gasteiger partial charge on any atom is -0.493 e. The van der Waals surface area contributed by atoms with Crippen molar-refractivity contribution in [2.24, 2.45) is 5.92 Å². The van der Waals surface area contributed by atoms with Gasteiger partial charge >= 0.3 is 0 Å². The molecule has 0 saturated carbocycles. The average Bonchev–Trinajstić information content (AvgIpc) is 2.34. The Morgan fingerprint density at radius 3 is 2.53 bits per heavy atom. The van der Waals surface area contributed by atoms with E-state index in [4.69, 9.17) is 4.74 Å². The molecular weight excluding hydrogens is 302 g/mol. The quantitative estimate of drug-likeness (QED) is 0.785. The molecular formula is C16H26BrNO. The Kier molecular flexibility index (Phi) is 6.87. The lowest BCUT2D eigenvalue weighted by Gasteiger charge is -2.18. The summed E-state index contributed by atoms with van der Waals surface area (Å²) in [4.78, 5) is 0. The van der Waals surface area contributed by atoms with Crippen molar-refractivity contribution in [1.82, 2.24) is 5.32 Å². The SMILES string of the molecule is CCC(C)COc1c(C)cc(Br)cc1CNC(C)C. The molecule has 0 aliphatic carbocycles. The van der Waals surface area contributed by atoms with Gasteiger partial charge < -0.3 is 10.1 Å². The van der Waals surface area contributed by atoms with Crippen LogP contribution in [0.2, 0.25) is 0 Å². The number of halogens is 1. The average molecular weight is 328 g/mol. The predicted octanol–water partition coefficient (Wildman–Crippen LogP) is 4.68. The van der Waals surface area contributed by atoms with Crippen LogP contribution in [0.25, 0.3) is 0 Å². The van der Waals surface area contributed by atoms with Crippen molar-refractivity contribution in [1.29, 1.82) is 0 Å². The highest BCUT2D eigenvalue weighted by Crippen LogP contribution is 2.28. The van der Waals surface area contributed by atoms with Gasteiger partial charge in [-0.15, -0.1) is 0 Å². The lowest BCUT2D eigenvalue weighted by molar-refractivity contribution is 0.252. The van der Waals surface area contributed by atoms with Gasteiger partial charge in [0.1, 0.15) is 5.75 Å². The summed E-state index contributed by atoms with van der Waals surface area (Å²) >= 11 is 3.56. The van der Waals surface area contributed by atoms with Crippen LogP contribution >= 0.6 is 15.9 Å². The predicted molar refractivity (Wildman–Crippen MR) is 85.8 cm³/mol. The molecule has 0 saturated heterocycles. The van der Waals surface area contributed by atoms with Crippen molar-refractivity contribution >= 4 is 15.9 Å². The number of nitrogens with one attached hydrogen (secondary N) is 1. The minimum absolute atomic E-state index is 0.474. The molecule has 3 heteroatoms. The van der Waals surface area contributed by atoms with Gasteiger partial charge in [-0.2, -0.15) is 0 Å². The first kappa shape index (κ1) is 16.5. The van der Waals surface area contributed by atoms with Gasteiger partial charge in [0, 0.05) is 22.6 Å². The van der Waals surface area contributed by atoms with E-state index >= 15 is 0 Å². The second-order valence-electron chi connectivity index (χ2n) is 5.57. The number of hydrogen-bond donors (Lipinski definition) is 1. The summed E-state index contributed by atoms with van der Waals surface area (Å²) in [5.41, 5.74) is 2.42. The summed E-state index contributed by atoms with van der Waals surface area (Å²) in [5, 5.41) is 3.46. The van der Waals surface area contributed by atoms with E-state index in [1.807, 2.05) is 0 Å². The molecule has 0 fully saturated rings. The Morgan fingerprint density at radius 2 is 1.95 bits per heavy atom. The van der Waals surface area contributed by atoms with Crippen molar-refractivity contribution in [2.75, 3.05) is 6.61 Å². The van der Waals surface area contributed by atoms with Crippen molar-refractivity contribution in [3.63, 3.8) is 0 Å². The molecule has 1 atom stereocenters. The maximum Gasteiger partial charge on any atom is 0.126 e. The molecule has 0 heterocycles. The standard InChI is InChI=1S/C16H26BrNO/c1-6-12(4)10-19-16-13(5)7-15(17)8-14(16)9-18-11(2)3/h7-8,11-12,18H,6,9-10H2,1-5H3. The van der Waals surface area contributed by atoms with Crippen LogP contribution in [0.5, 0.6) is 5.75 Å². The second kappa shape index (κ2) is 7.91. The maximum atomic E-state index is 6.05. The third-order valence-corrected chi connectivity index (χ3v) is 3.68. The van der Waals surface area contributed by atoms with Gasteiger partial charge in [0.05, 0.1) is 6.61 Å². The second-order valence-corrected chi connectivity index (χ2v) is 6.49. The first-order chi connectivity index (χ1) is 8.93. The molecule has 1 N–H and O–H groups in total. The zero-order valence-electron chi connectivity index (χ0n) is 12.7. The van der Waals surface area contributed by atoms with Crippen LogP contribution in [-0.2, 0) is 6.54 Å². The van der Waals surface area contributed by atoms with Crippen molar-refractivity contribution in [2.45, 2.75) is 53.6 Å². The van der Waals surface area contributed by atoms with E-state index in [1.54, 1.807) is 0 Å². The molecule has 1 unspecified atom stereocenters. The molecule has 2 nitrogen and oxygen atoms in total. The first-order valence-corrected chi connectivity index (χ1v) is 7.88. The largest absolute Gasteiger partial charge is 0.493 e. The highest BCUT2D eigenvalue weighted by atomic mass is 79.9. The smallest absolute Gasteiger partial charge is 0.126 e. The van der Waals surface area contributed by atoms with Gasteiger partial charge in [-0.05, 0) is 30.5 Å². The van der Waals surface area contributed by atoms with Gasteiger partial charge in [-0.25, -0.2) is 0 Å². The highest BCUT2D eigenvalue weighted by Gasteiger charge is 2.11. The van der Waals surface area contributed by atoms with Crippen LogP contribution in [0.15, 0.2) is 16.6 Å². The van der Waals surface area contributed by atoms with E-state index in [-0.39, 0.29) is 0 Å². The van der Waals surface area contributed by atoms with E-state index in [1.165, 1.54) is 11.1 Å². The van der Waals surface area contributed by atoms with E-state index in [0.717, 1.165) is 29.8 Å². The summed E-state index contributed by atoms with van der Waals surface area (Å²) < 4.78 is 7.16. The number of rotatable bonds is 7. The van der Waals surface area contributed by atoms with Gasteiger partial charge in [0.2, 0.25) is 0 Å². The van der Waals surface area contributed by atoms with Crippen molar-refractivity contribution in [3.8, 4) is 5.75 Å². The zero-order chi connectivity index (χ0) is 14.4. The van der Waals surface area contributed by atoms with Gasteiger partial charge in [0.25, 0.3) is 0 Å². The molecule has 0 aliphatic heterocycles. The number of aryl methyl sites for hydroxylation is 1. The van der Waals surface area contributed by atoms with Crippen LogP contribution in [0.4, 0.5) is 0 Å². The maximum absolute atomic E-state index is 6.05. The third-order valence-electron chi connectivity index (χ3n) is 3.23. The fourth-order valence-corrected chi connectivity index (χ4v) is 2.41. The number of hydrogen-bond acceptors (Lipinski definition) is 2. The summed E-state index contributed by atoms with van der Waals surface area (Å²) in [6, 6.07) is 4.74. The van der Waals surface area contributed by atoms with Crippen LogP contribution in [-0.4, -0.2) is 12.6 Å². The monoisotopic (exact) mass is 327 g/mol. The zero-order valence-corrected chi connectivity index (χ0v) is 14.3. The van der Waals surface area contributed by atoms with Crippen LogP contribution in [0.1, 0.15) is 45.2 Å². The molecule has 1 aromatic rings. The lowest BCUT2D eigenvalue weighted by atomic mass is 10.1. The highest BCUT2D eigenvalue weighted by molar-refractivity contribution is 9.10. The minimum atomic E-state index is 0.474. The molecule has 0 spiro atoms. The van der Waals surface area contributed by atoms with Gasteiger partial charge in [-0.3, -0.25) is 0 Å². The Hall–Kier alpha value is -0.540.